The maximum absolute atomic E-state index is 9.25. The zero-order valence-electron chi connectivity index (χ0n) is 7.62. The highest BCUT2D eigenvalue weighted by molar-refractivity contribution is 5.19. The maximum Gasteiger partial charge on any atom is 0.0575 e. The van der Waals surface area contributed by atoms with Crippen LogP contribution in [0.25, 0.3) is 0 Å². The van der Waals surface area contributed by atoms with Crippen LogP contribution in [0.15, 0.2) is 30.3 Å². The number of hydrogen-bond donors (Lipinski definition) is 1. The van der Waals surface area contributed by atoms with E-state index in [1.54, 1.807) is 6.92 Å². The van der Waals surface area contributed by atoms with E-state index in [-0.39, 0.29) is 6.10 Å². The summed E-state index contributed by atoms with van der Waals surface area (Å²) in [7, 11) is 0. The van der Waals surface area contributed by atoms with Crippen LogP contribution in [-0.2, 0) is 6.42 Å². The standard InChI is InChI=1S/C11H15O/c1-9(10(2)12)8-11-6-4-3-5-7-11/h3-7,10,12H,8H2,1-2H3. The molecule has 0 aliphatic rings. The van der Waals surface area contributed by atoms with Gasteiger partial charge in [-0.25, -0.2) is 0 Å². The van der Waals surface area contributed by atoms with Crippen molar-refractivity contribution in [2.45, 2.75) is 26.4 Å². The average Bonchev–Trinajstić information content (AvgIpc) is 2.06. The molecule has 0 saturated heterocycles. The minimum absolute atomic E-state index is 0.301. The molecule has 0 aliphatic carbocycles. The van der Waals surface area contributed by atoms with Crippen LogP contribution in [0.2, 0.25) is 0 Å². The number of aliphatic hydroxyl groups is 1. The van der Waals surface area contributed by atoms with Crippen LogP contribution in [0.5, 0.6) is 0 Å². The molecule has 0 amide bonds. The molecule has 1 unspecified atom stereocenters. The third kappa shape index (κ3) is 2.67. The van der Waals surface area contributed by atoms with Crippen molar-refractivity contribution in [1.29, 1.82) is 0 Å². The fourth-order valence-corrected chi connectivity index (χ4v) is 1.07. The molecule has 1 radical (unpaired) electrons. The molecule has 0 bridgehead atoms. The van der Waals surface area contributed by atoms with Gasteiger partial charge in [-0.3, -0.25) is 0 Å². The van der Waals surface area contributed by atoms with Crippen molar-refractivity contribution >= 4 is 0 Å². The van der Waals surface area contributed by atoms with E-state index in [0.29, 0.717) is 0 Å². The van der Waals surface area contributed by atoms with Crippen LogP contribution in [-0.4, -0.2) is 11.2 Å². The summed E-state index contributed by atoms with van der Waals surface area (Å²) in [6.45, 7) is 3.79. The Labute approximate surface area is 74.1 Å². The molecule has 1 aromatic rings. The minimum atomic E-state index is -0.301. The second-order valence-corrected chi connectivity index (χ2v) is 3.18. The van der Waals surface area contributed by atoms with Gasteiger partial charge < -0.3 is 5.11 Å². The third-order valence-corrected chi connectivity index (χ3v) is 2.04. The topological polar surface area (TPSA) is 20.2 Å². The third-order valence-electron chi connectivity index (χ3n) is 2.04. The lowest BCUT2D eigenvalue weighted by molar-refractivity contribution is 0.204. The number of benzene rings is 1. The minimum Gasteiger partial charge on any atom is -0.393 e. The summed E-state index contributed by atoms with van der Waals surface area (Å²) in [6, 6.07) is 10.2. The van der Waals surface area contributed by atoms with Gasteiger partial charge in [0.05, 0.1) is 6.10 Å². The van der Waals surface area contributed by atoms with Gasteiger partial charge in [0.1, 0.15) is 0 Å². The first kappa shape index (κ1) is 9.27. The molecule has 0 heterocycles. The molecule has 1 atom stereocenters. The fraction of sp³-hybridized carbons (Fsp3) is 0.364. The highest BCUT2D eigenvalue weighted by atomic mass is 16.3. The van der Waals surface area contributed by atoms with Gasteiger partial charge >= 0.3 is 0 Å². The fourth-order valence-electron chi connectivity index (χ4n) is 1.07. The smallest absolute Gasteiger partial charge is 0.0575 e. The van der Waals surface area contributed by atoms with Crippen LogP contribution in [0.1, 0.15) is 19.4 Å². The van der Waals surface area contributed by atoms with Gasteiger partial charge in [0.2, 0.25) is 0 Å². The zero-order valence-corrected chi connectivity index (χ0v) is 7.62. The number of rotatable bonds is 3. The lowest BCUT2D eigenvalue weighted by Crippen LogP contribution is -2.12. The molecule has 1 aromatic carbocycles. The van der Waals surface area contributed by atoms with Crippen molar-refractivity contribution in [1.82, 2.24) is 0 Å². The summed E-state index contributed by atoms with van der Waals surface area (Å²) in [5, 5.41) is 9.25. The molecule has 0 spiro atoms. The first-order valence-corrected chi connectivity index (χ1v) is 4.24. The first-order valence-electron chi connectivity index (χ1n) is 4.24. The first-order chi connectivity index (χ1) is 5.70. The van der Waals surface area contributed by atoms with E-state index < -0.39 is 0 Å². The van der Waals surface area contributed by atoms with Gasteiger partial charge in [0.25, 0.3) is 0 Å². The van der Waals surface area contributed by atoms with E-state index in [4.69, 9.17) is 0 Å². The number of hydrogen-bond acceptors (Lipinski definition) is 1. The molecular formula is C11H15O. The van der Waals surface area contributed by atoms with E-state index in [1.807, 2.05) is 25.1 Å². The highest BCUT2D eigenvalue weighted by Crippen LogP contribution is 2.13. The van der Waals surface area contributed by atoms with Crippen LogP contribution >= 0.6 is 0 Å². The quantitative estimate of drug-likeness (QED) is 0.724. The lowest BCUT2D eigenvalue weighted by atomic mass is 9.97. The molecule has 0 fully saturated rings. The SMILES string of the molecule is C[C](Cc1ccccc1)C(C)O. The molecule has 0 saturated carbocycles. The summed E-state index contributed by atoms with van der Waals surface area (Å²) in [5.74, 6) is 1.11. The molecule has 1 nitrogen and oxygen atoms in total. The molecule has 0 aliphatic heterocycles. The molecule has 1 heteroatoms. The van der Waals surface area contributed by atoms with Crippen molar-refractivity contribution in [2.75, 3.05) is 0 Å². The summed E-state index contributed by atoms with van der Waals surface area (Å²) in [4.78, 5) is 0. The highest BCUT2D eigenvalue weighted by Gasteiger charge is 2.09. The normalized spacial score (nSPS) is 13.3. The van der Waals surface area contributed by atoms with Gasteiger partial charge in [0, 0.05) is 5.92 Å². The Morgan fingerprint density at radius 1 is 1.33 bits per heavy atom. The van der Waals surface area contributed by atoms with Gasteiger partial charge in [-0.15, -0.1) is 0 Å². The summed E-state index contributed by atoms with van der Waals surface area (Å²) in [5.41, 5.74) is 1.26. The Balaban J connectivity index is 2.53. The van der Waals surface area contributed by atoms with E-state index >= 15 is 0 Å². The van der Waals surface area contributed by atoms with E-state index in [0.717, 1.165) is 12.3 Å². The van der Waals surface area contributed by atoms with Crippen molar-refractivity contribution in [3.63, 3.8) is 0 Å². The van der Waals surface area contributed by atoms with Crippen LogP contribution in [0, 0.1) is 5.92 Å². The summed E-state index contributed by atoms with van der Waals surface area (Å²) >= 11 is 0. The Morgan fingerprint density at radius 3 is 2.42 bits per heavy atom. The van der Waals surface area contributed by atoms with E-state index in [1.165, 1.54) is 5.56 Å². The summed E-state index contributed by atoms with van der Waals surface area (Å²) in [6.07, 6.45) is 0.573. The number of aliphatic hydroxyl groups excluding tert-OH is 1. The Hall–Kier alpha value is -0.820. The van der Waals surface area contributed by atoms with E-state index in [9.17, 15) is 5.11 Å². The van der Waals surface area contributed by atoms with E-state index in [2.05, 4.69) is 12.1 Å². The largest absolute Gasteiger partial charge is 0.393 e. The average molecular weight is 163 g/mol. The van der Waals surface area contributed by atoms with Crippen LogP contribution < -0.4 is 0 Å². The van der Waals surface area contributed by atoms with Gasteiger partial charge in [-0.1, -0.05) is 37.3 Å². The molecular weight excluding hydrogens is 148 g/mol. The van der Waals surface area contributed by atoms with Crippen LogP contribution in [0.4, 0.5) is 0 Å². The van der Waals surface area contributed by atoms with Crippen molar-refractivity contribution < 1.29 is 5.11 Å². The van der Waals surface area contributed by atoms with Crippen molar-refractivity contribution in [3.8, 4) is 0 Å². The predicted molar refractivity (Wildman–Crippen MR) is 50.7 cm³/mol. The molecule has 12 heavy (non-hydrogen) atoms. The monoisotopic (exact) mass is 163 g/mol. The maximum atomic E-state index is 9.25. The van der Waals surface area contributed by atoms with Crippen molar-refractivity contribution in [2.24, 2.45) is 0 Å². The van der Waals surface area contributed by atoms with Crippen LogP contribution in [0.3, 0.4) is 0 Å². The summed E-state index contributed by atoms with van der Waals surface area (Å²) < 4.78 is 0. The second kappa shape index (κ2) is 4.27. The molecule has 0 aromatic heterocycles. The van der Waals surface area contributed by atoms with Gasteiger partial charge in [-0.05, 0) is 18.9 Å². The lowest BCUT2D eigenvalue weighted by Gasteiger charge is -2.13. The van der Waals surface area contributed by atoms with Gasteiger partial charge in [-0.2, -0.15) is 0 Å². The molecule has 65 valence electrons. The van der Waals surface area contributed by atoms with Gasteiger partial charge in [0.15, 0.2) is 0 Å². The Morgan fingerprint density at radius 2 is 1.92 bits per heavy atom. The Bertz CT molecular complexity index is 216. The Kier molecular flexibility index (Phi) is 3.30. The zero-order chi connectivity index (χ0) is 8.97. The predicted octanol–water partition coefficient (Wildman–Crippen LogP) is 2.20. The van der Waals surface area contributed by atoms with Crippen molar-refractivity contribution in [3.05, 3.63) is 41.8 Å². The molecule has 1 rings (SSSR count). The second-order valence-electron chi connectivity index (χ2n) is 3.18. The molecule has 1 N–H and O–H groups in total.